The highest BCUT2D eigenvalue weighted by Crippen LogP contribution is 2.42. The number of rotatable bonds is 8. The summed E-state index contributed by atoms with van der Waals surface area (Å²) < 4.78 is 0. The topological polar surface area (TPSA) is 16.1 Å². The molecule has 0 saturated heterocycles. The predicted octanol–water partition coefficient (Wildman–Crippen LogP) is 7.46. The summed E-state index contributed by atoms with van der Waals surface area (Å²) in [6.45, 7) is 10.1. The lowest BCUT2D eigenvalue weighted by molar-refractivity contribution is 0.529. The Bertz CT molecular complexity index is 989. The lowest BCUT2D eigenvalue weighted by atomic mass is 10.0. The van der Waals surface area contributed by atoms with E-state index in [9.17, 15) is 0 Å². The fourth-order valence-corrected chi connectivity index (χ4v) is 4.80. The van der Waals surface area contributed by atoms with Crippen molar-refractivity contribution in [1.29, 1.82) is 0 Å². The summed E-state index contributed by atoms with van der Waals surface area (Å²) in [6.07, 6.45) is 9.49. The molecule has 3 aromatic rings. The van der Waals surface area contributed by atoms with Crippen molar-refractivity contribution in [2.24, 2.45) is 0 Å². The molecule has 0 N–H and O–H groups in total. The van der Waals surface area contributed by atoms with Crippen LogP contribution in [0.3, 0.4) is 0 Å². The van der Waals surface area contributed by atoms with Crippen LogP contribution in [0.15, 0.2) is 30.3 Å². The van der Waals surface area contributed by atoms with Crippen LogP contribution in [0, 0.1) is 13.8 Å². The number of anilines is 1. The number of fused-ring (bicyclic) bond motifs is 2. The van der Waals surface area contributed by atoms with E-state index in [0.717, 1.165) is 12.1 Å². The summed E-state index contributed by atoms with van der Waals surface area (Å²) in [4.78, 5) is 7.68. The van der Waals surface area contributed by atoms with E-state index in [1.54, 1.807) is 0 Å². The maximum absolute atomic E-state index is 5.05. The summed E-state index contributed by atoms with van der Waals surface area (Å²) in [6, 6.07) is 11.9. The molecule has 1 unspecified atom stereocenters. The zero-order chi connectivity index (χ0) is 19.7. The van der Waals surface area contributed by atoms with E-state index in [2.05, 4.69) is 62.9 Å². The van der Waals surface area contributed by atoms with Crippen LogP contribution in [0.1, 0.15) is 75.5 Å². The molecule has 2 heteroatoms. The van der Waals surface area contributed by atoms with Crippen LogP contribution in [0.5, 0.6) is 0 Å². The van der Waals surface area contributed by atoms with Crippen molar-refractivity contribution in [3.05, 3.63) is 47.0 Å². The molecule has 2 nitrogen and oxygen atoms in total. The van der Waals surface area contributed by atoms with Gasteiger partial charge in [0.15, 0.2) is 0 Å². The molecule has 1 aliphatic heterocycles. The first-order valence-electron chi connectivity index (χ1n) is 11.2. The van der Waals surface area contributed by atoms with E-state index in [-0.39, 0.29) is 0 Å². The van der Waals surface area contributed by atoms with Gasteiger partial charge in [0.25, 0.3) is 0 Å². The first-order valence-corrected chi connectivity index (χ1v) is 11.2. The fourth-order valence-electron chi connectivity index (χ4n) is 4.80. The molecule has 1 aliphatic rings. The molecule has 0 amide bonds. The van der Waals surface area contributed by atoms with Crippen molar-refractivity contribution in [3.63, 3.8) is 0 Å². The minimum atomic E-state index is 0.573. The predicted molar refractivity (Wildman–Crippen MR) is 122 cm³/mol. The Hall–Kier alpha value is -2.09. The zero-order valence-corrected chi connectivity index (χ0v) is 18.0. The Kier molecular flexibility index (Phi) is 5.57. The summed E-state index contributed by atoms with van der Waals surface area (Å²) in [7, 11) is 0. The van der Waals surface area contributed by atoms with Gasteiger partial charge in [0.1, 0.15) is 0 Å². The van der Waals surface area contributed by atoms with E-state index in [4.69, 9.17) is 4.98 Å². The molecule has 0 aliphatic carbocycles. The first kappa shape index (κ1) is 19.2. The lowest BCUT2D eigenvalue weighted by Gasteiger charge is -2.27. The van der Waals surface area contributed by atoms with Crippen LogP contribution < -0.4 is 4.90 Å². The molecular formula is C26H34N2. The van der Waals surface area contributed by atoms with Crippen LogP contribution >= 0.6 is 0 Å². The minimum Gasteiger partial charge on any atom is -0.364 e. The number of pyridine rings is 1. The highest BCUT2D eigenvalue weighted by Gasteiger charge is 2.28. The maximum atomic E-state index is 5.05. The average molecular weight is 375 g/mol. The number of hydrogen-bond acceptors (Lipinski definition) is 2. The van der Waals surface area contributed by atoms with Crippen LogP contribution in [-0.2, 0) is 6.54 Å². The van der Waals surface area contributed by atoms with Gasteiger partial charge in [0.2, 0.25) is 0 Å². The second-order valence-corrected chi connectivity index (χ2v) is 8.77. The molecule has 2 aromatic carbocycles. The molecule has 4 rings (SSSR count). The SMILES string of the molecule is CCCCCCCCC(C)N1Cc2c3cc(C)ccc3nc3c(C)ccc1c23. The summed E-state index contributed by atoms with van der Waals surface area (Å²) in [5, 5.41) is 2.74. The Morgan fingerprint density at radius 3 is 2.61 bits per heavy atom. The van der Waals surface area contributed by atoms with Gasteiger partial charge in [-0.25, -0.2) is 4.98 Å². The van der Waals surface area contributed by atoms with Crippen molar-refractivity contribution in [2.75, 3.05) is 4.90 Å². The molecule has 0 fully saturated rings. The van der Waals surface area contributed by atoms with E-state index in [0.29, 0.717) is 6.04 Å². The summed E-state index contributed by atoms with van der Waals surface area (Å²) in [5.74, 6) is 0. The Morgan fingerprint density at radius 2 is 1.79 bits per heavy atom. The van der Waals surface area contributed by atoms with Gasteiger partial charge in [-0.2, -0.15) is 0 Å². The van der Waals surface area contributed by atoms with Gasteiger partial charge in [-0.05, 0) is 56.5 Å². The van der Waals surface area contributed by atoms with E-state index < -0.39 is 0 Å². The third-order valence-electron chi connectivity index (χ3n) is 6.51. The van der Waals surface area contributed by atoms with E-state index in [1.807, 2.05) is 0 Å². The number of aromatic nitrogens is 1. The molecule has 2 heterocycles. The van der Waals surface area contributed by atoms with Crippen LogP contribution in [0.2, 0.25) is 0 Å². The monoisotopic (exact) mass is 374 g/mol. The molecule has 0 radical (unpaired) electrons. The molecule has 0 spiro atoms. The fraction of sp³-hybridized carbons (Fsp3) is 0.500. The molecular weight excluding hydrogens is 340 g/mol. The quantitative estimate of drug-likeness (QED) is 0.300. The van der Waals surface area contributed by atoms with Crippen LogP contribution in [0.25, 0.3) is 21.8 Å². The average Bonchev–Trinajstić information content (AvgIpc) is 3.08. The molecule has 1 atom stereocenters. The number of nitrogens with zero attached hydrogens (tertiary/aromatic N) is 2. The van der Waals surface area contributed by atoms with E-state index in [1.165, 1.54) is 83.6 Å². The van der Waals surface area contributed by atoms with Gasteiger partial charge in [-0.3, -0.25) is 0 Å². The standard InChI is InChI=1S/C26H34N2/c1-5-6-7-8-9-10-11-20(4)28-17-22-21-16-18(2)12-14-23(21)27-26-19(3)13-15-24(28)25(22)26/h12-16,20H,5-11,17H2,1-4H3. The van der Waals surface area contributed by atoms with Gasteiger partial charge in [-0.15, -0.1) is 0 Å². The van der Waals surface area contributed by atoms with Crippen molar-refractivity contribution >= 4 is 27.5 Å². The smallest absolute Gasteiger partial charge is 0.0763 e. The Labute approximate surface area is 170 Å². The lowest BCUT2D eigenvalue weighted by Crippen LogP contribution is -2.29. The second-order valence-electron chi connectivity index (χ2n) is 8.77. The molecule has 148 valence electrons. The second kappa shape index (κ2) is 8.11. The number of hydrogen-bond donors (Lipinski definition) is 0. The minimum absolute atomic E-state index is 0.573. The van der Waals surface area contributed by atoms with E-state index >= 15 is 0 Å². The zero-order valence-electron chi connectivity index (χ0n) is 18.0. The number of benzene rings is 2. The van der Waals surface area contributed by atoms with Crippen LogP contribution in [-0.4, -0.2) is 11.0 Å². The number of aryl methyl sites for hydroxylation is 2. The third-order valence-corrected chi connectivity index (χ3v) is 6.51. The molecule has 28 heavy (non-hydrogen) atoms. The van der Waals surface area contributed by atoms with Gasteiger partial charge in [0, 0.05) is 29.0 Å². The molecule has 1 aromatic heterocycles. The highest BCUT2D eigenvalue weighted by atomic mass is 15.2. The van der Waals surface area contributed by atoms with Gasteiger partial charge in [-0.1, -0.05) is 63.1 Å². The Morgan fingerprint density at radius 1 is 1.00 bits per heavy atom. The van der Waals surface area contributed by atoms with Gasteiger partial charge >= 0.3 is 0 Å². The van der Waals surface area contributed by atoms with Gasteiger partial charge in [0.05, 0.1) is 11.0 Å². The van der Waals surface area contributed by atoms with Crippen molar-refractivity contribution in [1.82, 2.24) is 4.98 Å². The summed E-state index contributed by atoms with van der Waals surface area (Å²) >= 11 is 0. The third kappa shape index (κ3) is 3.50. The van der Waals surface area contributed by atoms with Crippen molar-refractivity contribution < 1.29 is 0 Å². The summed E-state index contributed by atoms with van der Waals surface area (Å²) in [5.41, 5.74) is 7.81. The Balaban J connectivity index is 1.61. The van der Waals surface area contributed by atoms with Crippen molar-refractivity contribution in [2.45, 2.75) is 85.2 Å². The highest BCUT2D eigenvalue weighted by molar-refractivity contribution is 6.07. The molecule has 0 bridgehead atoms. The normalized spacial score (nSPS) is 14.4. The van der Waals surface area contributed by atoms with Crippen LogP contribution in [0.4, 0.5) is 5.69 Å². The van der Waals surface area contributed by atoms with Gasteiger partial charge < -0.3 is 4.90 Å². The first-order chi connectivity index (χ1) is 13.6. The largest absolute Gasteiger partial charge is 0.364 e. The molecule has 0 saturated carbocycles. The maximum Gasteiger partial charge on any atom is 0.0763 e. The number of unbranched alkanes of at least 4 members (excludes halogenated alkanes) is 5. The van der Waals surface area contributed by atoms with Crippen molar-refractivity contribution in [3.8, 4) is 0 Å².